The zero-order valence-corrected chi connectivity index (χ0v) is 9.52. The SMILES string of the molecule is CNc1ncnc(N(C)CC(N)=O)c1OC. The molecule has 0 aliphatic rings. The minimum atomic E-state index is -0.436. The molecule has 0 fully saturated rings. The van der Waals surface area contributed by atoms with Crippen molar-refractivity contribution in [2.24, 2.45) is 5.73 Å². The molecule has 3 N–H and O–H groups in total. The van der Waals surface area contributed by atoms with Crippen molar-refractivity contribution in [2.45, 2.75) is 0 Å². The number of rotatable bonds is 5. The Balaban J connectivity index is 3.07. The van der Waals surface area contributed by atoms with Crippen molar-refractivity contribution in [3.8, 4) is 5.75 Å². The highest BCUT2D eigenvalue weighted by Gasteiger charge is 2.15. The molecule has 0 aliphatic carbocycles. The highest BCUT2D eigenvalue weighted by Crippen LogP contribution is 2.30. The molecule has 0 saturated heterocycles. The van der Waals surface area contributed by atoms with Crippen LogP contribution in [-0.2, 0) is 4.79 Å². The first-order valence-electron chi connectivity index (χ1n) is 4.66. The number of anilines is 2. The Hall–Kier alpha value is -2.05. The van der Waals surface area contributed by atoms with E-state index in [-0.39, 0.29) is 6.54 Å². The van der Waals surface area contributed by atoms with E-state index in [9.17, 15) is 4.79 Å². The summed E-state index contributed by atoms with van der Waals surface area (Å²) in [7, 11) is 4.94. The molecule has 1 aromatic rings. The number of ether oxygens (including phenoxy) is 1. The van der Waals surface area contributed by atoms with E-state index < -0.39 is 5.91 Å². The molecule has 1 aromatic heterocycles. The second-order valence-corrected chi connectivity index (χ2v) is 3.15. The van der Waals surface area contributed by atoms with Gasteiger partial charge in [-0.25, -0.2) is 9.97 Å². The fraction of sp³-hybridized carbons (Fsp3) is 0.444. The Morgan fingerprint density at radius 1 is 1.62 bits per heavy atom. The summed E-state index contributed by atoms with van der Waals surface area (Å²) in [5.74, 6) is 1.12. The van der Waals surface area contributed by atoms with Crippen LogP contribution in [0, 0.1) is 0 Å². The molecule has 0 bridgehead atoms. The van der Waals surface area contributed by atoms with Crippen LogP contribution < -0.4 is 20.7 Å². The third-order valence-corrected chi connectivity index (χ3v) is 1.98. The van der Waals surface area contributed by atoms with Gasteiger partial charge in [0.25, 0.3) is 0 Å². The molecule has 0 aliphatic heterocycles. The van der Waals surface area contributed by atoms with Gasteiger partial charge in [-0.3, -0.25) is 4.79 Å². The molecule has 88 valence electrons. The van der Waals surface area contributed by atoms with Crippen molar-refractivity contribution in [2.75, 3.05) is 38.0 Å². The van der Waals surface area contributed by atoms with Crippen LogP contribution in [0.3, 0.4) is 0 Å². The summed E-state index contributed by atoms with van der Waals surface area (Å²) < 4.78 is 5.19. The van der Waals surface area contributed by atoms with E-state index in [1.54, 1.807) is 19.0 Å². The molecule has 7 heteroatoms. The zero-order chi connectivity index (χ0) is 12.1. The normalized spacial score (nSPS) is 9.69. The van der Waals surface area contributed by atoms with Crippen molar-refractivity contribution in [3.63, 3.8) is 0 Å². The average Bonchev–Trinajstić information content (AvgIpc) is 2.26. The van der Waals surface area contributed by atoms with Crippen LogP contribution in [0.4, 0.5) is 11.6 Å². The Bertz CT molecular complexity index is 382. The number of likely N-dealkylation sites (N-methyl/N-ethyl adjacent to an activating group) is 1. The number of nitrogens with zero attached hydrogens (tertiary/aromatic N) is 3. The van der Waals surface area contributed by atoms with E-state index in [1.807, 2.05) is 0 Å². The Labute approximate surface area is 93.6 Å². The van der Waals surface area contributed by atoms with Crippen molar-refractivity contribution in [1.82, 2.24) is 9.97 Å². The molecular weight excluding hydrogens is 210 g/mol. The van der Waals surface area contributed by atoms with Crippen LogP contribution in [0.25, 0.3) is 0 Å². The first kappa shape index (κ1) is 12.0. The summed E-state index contributed by atoms with van der Waals surface area (Å²) in [6.45, 7) is 0.0660. The summed E-state index contributed by atoms with van der Waals surface area (Å²) in [5.41, 5.74) is 5.11. The number of carbonyl (C=O) groups excluding carboxylic acids is 1. The summed E-state index contributed by atoms with van der Waals surface area (Å²) >= 11 is 0. The lowest BCUT2D eigenvalue weighted by atomic mass is 10.4. The fourth-order valence-corrected chi connectivity index (χ4v) is 1.31. The molecule has 0 atom stereocenters. The van der Waals surface area contributed by atoms with Gasteiger partial charge in [0.05, 0.1) is 13.7 Å². The predicted octanol–water partition coefficient (Wildman–Crippen LogP) is -0.552. The van der Waals surface area contributed by atoms with E-state index in [2.05, 4.69) is 15.3 Å². The topological polar surface area (TPSA) is 93.4 Å². The van der Waals surface area contributed by atoms with Gasteiger partial charge in [-0.15, -0.1) is 0 Å². The number of hydrogen-bond acceptors (Lipinski definition) is 6. The third kappa shape index (κ3) is 2.50. The average molecular weight is 225 g/mol. The van der Waals surface area contributed by atoms with Gasteiger partial charge < -0.3 is 20.7 Å². The van der Waals surface area contributed by atoms with Crippen molar-refractivity contribution in [3.05, 3.63) is 6.33 Å². The maximum atomic E-state index is 10.8. The highest BCUT2D eigenvalue weighted by molar-refractivity contribution is 5.80. The predicted molar refractivity (Wildman–Crippen MR) is 60.6 cm³/mol. The molecule has 16 heavy (non-hydrogen) atoms. The Morgan fingerprint density at radius 3 is 2.81 bits per heavy atom. The number of primary amides is 1. The Morgan fingerprint density at radius 2 is 2.31 bits per heavy atom. The first-order chi connectivity index (χ1) is 7.60. The molecule has 0 saturated carbocycles. The van der Waals surface area contributed by atoms with Crippen molar-refractivity contribution >= 4 is 17.5 Å². The number of nitrogens with two attached hydrogens (primary N) is 1. The number of hydrogen-bond donors (Lipinski definition) is 2. The molecule has 0 spiro atoms. The summed E-state index contributed by atoms with van der Waals surface area (Å²) in [5, 5.41) is 2.88. The van der Waals surface area contributed by atoms with Crippen LogP contribution >= 0.6 is 0 Å². The lowest BCUT2D eigenvalue weighted by Gasteiger charge is -2.19. The summed E-state index contributed by atoms with van der Waals surface area (Å²) in [6, 6.07) is 0. The second-order valence-electron chi connectivity index (χ2n) is 3.15. The molecule has 0 unspecified atom stereocenters. The van der Waals surface area contributed by atoms with Crippen molar-refractivity contribution in [1.29, 1.82) is 0 Å². The van der Waals surface area contributed by atoms with E-state index in [1.165, 1.54) is 13.4 Å². The zero-order valence-electron chi connectivity index (χ0n) is 9.52. The highest BCUT2D eigenvalue weighted by atomic mass is 16.5. The molecule has 1 heterocycles. The monoisotopic (exact) mass is 225 g/mol. The second kappa shape index (κ2) is 5.15. The molecular formula is C9H15N5O2. The fourth-order valence-electron chi connectivity index (χ4n) is 1.31. The molecule has 0 radical (unpaired) electrons. The smallest absolute Gasteiger partial charge is 0.236 e. The number of amides is 1. The van der Waals surface area contributed by atoms with Crippen LogP contribution in [0.5, 0.6) is 5.75 Å². The summed E-state index contributed by atoms with van der Waals surface area (Å²) in [6.07, 6.45) is 1.39. The number of nitrogens with one attached hydrogen (secondary N) is 1. The van der Waals surface area contributed by atoms with Crippen LogP contribution in [0.15, 0.2) is 6.33 Å². The van der Waals surface area contributed by atoms with E-state index in [0.29, 0.717) is 17.4 Å². The van der Waals surface area contributed by atoms with Gasteiger partial charge in [0, 0.05) is 14.1 Å². The molecule has 1 rings (SSSR count). The number of carbonyl (C=O) groups is 1. The molecule has 0 aromatic carbocycles. The van der Waals surface area contributed by atoms with E-state index in [4.69, 9.17) is 10.5 Å². The molecule has 1 amide bonds. The summed E-state index contributed by atoms with van der Waals surface area (Å²) in [4.78, 5) is 20.5. The van der Waals surface area contributed by atoms with E-state index >= 15 is 0 Å². The Kier molecular flexibility index (Phi) is 3.87. The van der Waals surface area contributed by atoms with Gasteiger partial charge in [-0.1, -0.05) is 0 Å². The third-order valence-electron chi connectivity index (χ3n) is 1.98. The maximum absolute atomic E-state index is 10.8. The van der Waals surface area contributed by atoms with Crippen LogP contribution in [-0.4, -0.2) is 43.6 Å². The molecule has 7 nitrogen and oxygen atoms in total. The van der Waals surface area contributed by atoms with Gasteiger partial charge in [0.2, 0.25) is 11.7 Å². The number of aromatic nitrogens is 2. The maximum Gasteiger partial charge on any atom is 0.236 e. The van der Waals surface area contributed by atoms with Crippen LogP contribution in [0.2, 0.25) is 0 Å². The lowest BCUT2D eigenvalue weighted by molar-refractivity contribution is -0.116. The standard InChI is InChI=1S/C9H15N5O2/c1-11-8-7(16-3)9(13-5-12-8)14(2)4-6(10)15/h5H,4H2,1-3H3,(H2,10,15)(H,11,12,13). The van der Waals surface area contributed by atoms with E-state index in [0.717, 1.165) is 0 Å². The quantitative estimate of drug-likeness (QED) is 0.698. The van der Waals surface area contributed by atoms with Gasteiger partial charge in [-0.2, -0.15) is 0 Å². The van der Waals surface area contributed by atoms with Crippen molar-refractivity contribution < 1.29 is 9.53 Å². The van der Waals surface area contributed by atoms with Crippen LogP contribution in [0.1, 0.15) is 0 Å². The number of methoxy groups -OCH3 is 1. The van der Waals surface area contributed by atoms with Gasteiger partial charge in [-0.05, 0) is 0 Å². The largest absolute Gasteiger partial charge is 0.490 e. The minimum absolute atomic E-state index is 0.0660. The lowest BCUT2D eigenvalue weighted by Crippen LogP contribution is -2.31. The minimum Gasteiger partial charge on any atom is -0.490 e. The van der Waals surface area contributed by atoms with Gasteiger partial charge in [0.1, 0.15) is 6.33 Å². The van der Waals surface area contributed by atoms with Gasteiger partial charge >= 0.3 is 0 Å². The van der Waals surface area contributed by atoms with Gasteiger partial charge in [0.15, 0.2) is 11.6 Å². The first-order valence-corrected chi connectivity index (χ1v) is 4.66.